The van der Waals surface area contributed by atoms with Crippen LogP contribution in [-0.4, -0.2) is 23.8 Å². The lowest BCUT2D eigenvalue weighted by Gasteiger charge is -2.09. The molecular weight excluding hydrogens is 276 g/mol. The Morgan fingerprint density at radius 3 is 2.73 bits per heavy atom. The van der Waals surface area contributed by atoms with Gasteiger partial charge in [0.15, 0.2) is 0 Å². The van der Waals surface area contributed by atoms with Crippen LogP contribution >= 0.6 is 0 Å². The predicted octanol–water partition coefficient (Wildman–Crippen LogP) is 3.51. The molecule has 2 aromatic rings. The minimum Gasteiger partial charge on any atom is -0.478 e. The van der Waals surface area contributed by atoms with Gasteiger partial charge in [-0.15, -0.1) is 0 Å². The van der Waals surface area contributed by atoms with Crippen LogP contribution in [0.1, 0.15) is 23.1 Å². The maximum Gasteiger partial charge on any atom is 0.335 e. The van der Waals surface area contributed by atoms with Gasteiger partial charge in [0.05, 0.1) is 18.3 Å². The van der Waals surface area contributed by atoms with Crippen molar-refractivity contribution in [3.05, 3.63) is 65.2 Å². The molecule has 0 amide bonds. The topological polar surface area (TPSA) is 49.8 Å². The monoisotopic (exact) mass is 292 g/mol. The average Bonchev–Trinajstić information content (AvgIpc) is 3.26. The zero-order valence-electron chi connectivity index (χ0n) is 12.1. The molecule has 1 fully saturated rings. The summed E-state index contributed by atoms with van der Waals surface area (Å²) in [6.45, 7) is 0.738. The van der Waals surface area contributed by atoms with Crippen LogP contribution in [0, 0.1) is 0 Å². The molecule has 4 rings (SSSR count). The molecule has 0 radical (unpaired) electrons. The summed E-state index contributed by atoms with van der Waals surface area (Å²) < 4.78 is 5.18. The number of hydrogen-bond acceptors (Lipinski definition) is 2. The van der Waals surface area contributed by atoms with E-state index >= 15 is 0 Å². The molecule has 1 N–H and O–H groups in total. The normalized spacial score (nSPS) is 18.7. The highest BCUT2D eigenvalue weighted by Crippen LogP contribution is 2.40. The van der Waals surface area contributed by atoms with Gasteiger partial charge in [-0.25, -0.2) is 4.79 Å². The second-order valence-electron chi connectivity index (χ2n) is 5.78. The number of epoxide rings is 1. The van der Waals surface area contributed by atoms with E-state index in [4.69, 9.17) is 4.74 Å². The van der Waals surface area contributed by atoms with Crippen LogP contribution < -0.4 is 0 Å². The molecule has 0 saturated carbocycles. The lowest BCUT2D eigenvalue weighted by atomic mass is 9.95. The Labute approximate surface area is 128 Å². The largest absolute Gasteiger partial charge is 0.478 e. The number of carboxylic acid groups (broad SMARTS) is 1. The third-order valence-electron chi connectivity index (χ3n) is 4.36. The van der Waals surface area contributed by atoms with Gasteiger partial charge in [0.2, 0.25) is 0 Å². The van der Waals surface area contributed by atoms with Crippen molar-refractivity contribution < 1.29 is 14.6 Å². The van der Waals surface area contributed by atoms with Crippen molar-refractivity contribution in [2.24, 2.45) is 0 Å². The average molecular weight is 292 g/mol. The molecule has 2 aliphatic rings. The number of benzene rings is 2. The maximum atomic E-state index is 11.7. The third-order valence-corrected chi connectivity index (χ3v) is 4.36. The minimum atomic E-state index is -0.870. The molecule has 1 unspecified atom stereocenters. The third kappa shape index (κ3) is 2.24. The smallest absolute Gasteiger partial charge is 0.335 e. The number of carbonyl (C=O) groups is 1. The quantitative estimate of drug-likeness (QED) is 0.591. The summed E-state index contributed by atoms with van der Waals surface area (Å²) in [7, 11) is 0. The number of rotatable bonds is 4. The fraction of sp³-hybridized carbons (Fsp3) is 0.211. The van der Waals surface area contributed by atoms with Gasteiger partial charge < -0.3 is 9.84 Å². The summed E-state index contributed by atoms with van der Waals surface area (Å²) in [6, 6.07) is 14.2. The summed E-state index contributed by atoms with van der Waals surface area (Å²) in [5.41, 5.74) is 5.98. The van der Waals surface area contributed by atoms with Gasteiger partial charge in [-0.2, -0.15) is 0 Å². The zero-order chi connectivity index (χ0) is 15.1. The van der Waals surface area contributed by atoms with Gasteiger partial charge >= 0.3 is 5.97 Å². The zero-order valence-corrected chi connectivity index (χ0v) is 12.1. The molecule has 3 heteroatoms. The minimum absolute atomic E-state index is 0.198. The van der Waals surface area contributed by atoms with Gasteiger partial charge in [0.25, 0.3) is 0 Å². The molecule has 110 valence electrons. The van der Waals surface area contributed by atoms with Gasteiger partial charge in [0.1, 0.15) is 0 Å². The summed E-state index contributed by atoms with van der Waals surface area (Å²) in [5, 5.41) is 9.60. The van der Waals surface area contributed by atoms with Crippen molar-refractivity contribution in [1.82, 2.24) is 0 Å². The van der Waals surface area contributed by atoms with Crippen LogP contribution in [-0.2, 0) is 16.0 Å². The first-order valence-electron chi connectivity index (χ1n) is 7.49. The molecule has 1 heterocycles. The Balaban J connectivity index is 1.80. The van der Waals surface area contributed by atoms with Crippen LogP contribution in [0.25, 0.3) is 16.7 Å². The molecule has 1 aliphatic heterocycles. The fourth-order valence-corrected chi connectivity index (χ4v) is 3.18. The number of hydrogen-bond donors (Lipinski definition) is 1. The Hall–Kier alpha value is -2.39. The van der Waals surface area contributed by atoms with Crippen molar-refractivity contribution in [3.63, 3.8) is 0 Å². The molecule has 0 spiro atoms. The van der Waals surface area contributed by atoms with Gasteiger partial charge in [-0.1, -0.05) is 48.5 Å². The predicted molar refractivity (Wildman–Crippen MR) is 84.7 cm³/mol. The number of carboxylic acids is 1. The van der Waals surface area contributed by atoms with E-state index in [2.05, 4.69) is 18.2 Å². The van der Waals surface area contributed by atoms with Crippen molar-refractivity contribution in [2.45, 2.75) is 18.9 Å². The summed E-state index contributed by atoms with van der Waals surface area (Å²) in [5.74, 6) is -0.870. The highest BCUT2D eigenvalue weighted by atomic mass is 16.6. The van der Waals surface area contributed by atoms with Crippen molar-refractivity contribution in [3.8, 4) is 11.1 Å². The lowest BCUT2D eigenvalue weighted by Crippen LogP contribution is -2.03. The molecule has 0 bridgehead atoms. The standard InChI is InChI=1S/C19H16O3/c20-19(21)17(9-8-13-11-22-13)16-7-3-6-15-14-5-2-1-4-12(14)10-18(15)16/h1-7,9,13H,8,10-11H2,(H,20,21). The van der Waals surface area contributed by atoms with Crippen LogP contribution in [0.2, 0.25) is 0 Å². The SMILES string of the molecule is O=C(O)C(=CCC1CO1)c1cccc2c1Cc1ccccc1-2. The van der Waals surface area contributed by atoms with Crippen LogP contribution in [0.15, 0.2) is 48.5 Å². The van der Waals surface area contributed by atoms with Gasteiger partial charge in [-0.05, 0) is 40.7 Å². The second kappa shape index (κ2) is 5.11. The highest BCUT2D eigenvalue weighted by molar-refractivity contribution is 6.16. The van der Waals surface area contributed by atoms with Crippen LogP contribution in [0.5, 0.6) is 0 Å². The first-order chi connectivity index (χ1) is 10.7. The van der Waals surface area contributed by atoms with E-state index in [1.165, 1.54) is 11.1 Å². The van der Waals surface area contributed by atoms with E-state index in [0.29, 0.717) is 12.0 Å². The first-order valence-corrected chi connectivity index (χ1v) is 7.49. The lowest BCUT2D eigenvalue weighted by molar-refractivity contribution is -0.130. The maximum absolute atomic E-state index is 11.7. The summed E-state index contributed by atoms with van der Waals surface area (Å²) in [6.07, 6.45) is 3.46. The highest BCUT2D eigenvalue weighted by Gasteiger charge is 2.25. The van der Waals surface area contributed by atoms with Gasteiger partial charge in [0, 0.05) is 0 Å². The van der Waals surface area contributed by atoms with Crippen molar-refractivity contribution >= 4 is 11.5 Å². The number of fused-ring (bicyclic) bond motifs is 3. The molecule has 2 aromatic carbocycles. The van der Waals surface area contributed by atoms with E-state index in [0.717, 1.165) is 29.7 Å². The second-order valence-corrected chi connectivity index (χ2v) is 5.78. The Bertz CT molecular complexity index is 785. The summed E-state index contributed by atoms with van der Waals surface area (Å²) in [4.78, 5) is 11.7. The van der Waals surface area contributed by atoms with Crippen LogP contribution in [0.3, 0.4) is 0 Å². The van der Waals surface area contributed by atoms with E-state index in [1.807, 2.05) is 24.3 Å². The Kier molecular flexibility index (Phi) is 3.09. The first kappa shape index (κ1) is 13.3. The Morgan fingerprint density at radius 2 is 1.95 bits per heavy atom. The molecule has 1 aliphatic carbocycles. The van der Waals surface area contributed by atoms with Crippen LogP contribution in [0.4, 0.5) is 0 Å². The number of ether oxygens (including phenoxy) is 1. The van der Waals surface area contributed by atoms with Gasteiger partial charge in [-0.3, -0.25) is 0 Å². The molecule has 1 saturated heterocycles. The molecule has 0 aromatic heterocycles. The summed E-state index contributed by atoms with van der Waals surface area (Å²) >= 11 is 0. The molecule has 3 nitrogen and oxygen atoms in total. The Morgan fingerprint density at radius 1 is 1.18 bits per heavy atom. The van der Waals surface area contributed by atoms with Crippen molar-refractivity contribution in [2.75, 3.05) is 6.61 Å². The van der Waals surface area contributed by atoms with E-state index < -0.39 is 5.97 Å². The van der Waals surface area contributed by atoms with E-state index in [-0.39, 0.29) is 6.10 Å². The molecular formula is C19H16O3. The fourth-order valence-electron chi connectivity index (χ4n) is 3.18. The molecule has 1 atom stereocenters. The number of aliphatic carboxylic acids is 1. The van der Waals surface area contributed by atoms with E-state index in [9.17, 15) is 9.90 Å². The molecule has 22 heavy (non-hydrogen) atoms. The van der Waals surface area contributed by atoms with E-state index in [1.54, 1.807) is 6.08 Å². The van der Waals surface area contributed by atoms with Crippen molar-refractivity contribution in [1.29, 1.82) is 0 Å².